The van der Waals surface area contributed by atoms with Crippen LogP contribution >= 0.6 is 0 Å². The number of esters is 1. The van der Waals surface area contributed by atoms with Crippen molar-refractivity contribution in [1.82, 2.24) is 15.5 Å². The number of hydrogen-bond acceptors (Lipinski definition) is 7. The molecule has 204 valence electrons. The van der Waals surface area contributed by atoms with Crippen LogP contribution in [0.25, 0.3) is 0 Å². The summed E-state index contributed by atoms with van der Waals surface area (Å²) in [6, 6.07) is -1.90. The van der Waals surface area contributed by atoms with E-state index in [2.05, 4.69) is 10.6 Å². The standard InChI is InChI=1S/C26H43N3O7/c1-7-35-23(33)26(6)17(2)13-11-9-8-10-12-14-19(27-24(34)36-25(3,4)5)22(32)29-16-18(30)15-20(29)21(31)28-26/h11,13,17-20,30H,7-10,12,14-16H2,1-6H3,(H,27,34)(H,28,31)/b13-11-/t17?,18-,19-,20-,26+/m0/s1. The highest BCUT2D eigenvalue weighted by atomic mass is 16.6. The first-order valence-electron chi connectivity index (χ1n) is 12.9. The maximum atomic E-state index is 13.6. The van der Waals surface area contributed by atoms with Gasteiger partial charge in [-0.25, -0.2) is 9.59 Å². The number of hydrogen-bond donors (Lipinski definition) is 3. The van der Waals surface area contributed by atoms with E-state index in [1.165, 1.54) is 4.90 Å². The molecular formula is C26H43N3O7. The number of nitrogens with zero attached hydrogens (tertiary/aromatic N) is 1. The van der Waals surface area contributed by atoms with Gasteiger partial charge in [0.05, 0.1) is 12.7 Å². The van der Waals surface area contributed by atoms with E-state index in [4.69, 9.17) is 9.47 Å². The number of carbonyl (C=O) groups is 4. The van der Waals surface area contributed by atoms with Crippen molar-refractivity contribution < 1.29 is 33.8 Å². The van der Waals surface area contributed by atoms with Gasteiger partial charge in [0.25, 0.3) is 0 Å². The number of aliphatic hydroxyl groups is 1. The molecule has 2 rings (SSSR count). The van der Waals surface area contributed by atoms with Gasteiger partial charge in [-0.2, -0.15) is 0 Å². The summed E-state index contributed by atoms with van der Waals surface area (Å²) in [5, 5.41) is 15.8. The van der Waals surface area contributed by atoms with Crippen LogP contribution in [-0.4, -0.2) is 76.4 Å². The average Bonchev–Trinajstić information content (AvgIpc) is 3.16. The molecule has 1 unspecified atom stereocenters. The van der Waals surface area contributed by atoms with Crippen LogP contribution in [0.4, 0.5) is 4.79 Å². The van der Waals surface area contributed by atoms with Gasteiger partial charge in [0.15, 0.2) is 0 Å². The van der Waals surface area contributed by atoms with Crippen LogP contribution in [0.5, 0.6) is 0 Å². The fourth-order valence-corrected chi connectivity index (χ4v) is 4.46. The van der Waals surface area contributed by atoms with Crippen LogP contribution in [0.1, 0.15) is 80.1 Å². The van der Waals surface area contributed by atoms with Crippen LogP contribution in [0, 0.1) is 5.92 Å². The van der Waals surface area contributed by atoms with Crippen molar-refractivity contribution in [3.63, 3.8) is 0 Å². The molecule has 3 N–H and O–H groups in total. The third-order valence-electron chi connectivity index (χ3n) is 6.64. The molecule has 0 aromatic carbocycles. The minimum Gasteiger partial charge on any atom is -0.464 e. The molecule has 0 spiro atoms. The summed E-state index contributed by atoms with van der Waals surface area (Å²) >= 11 is 0. The molecule has 0 aromatic heterocycles. The fraction of sp³-hybridized carbons (Fsp3) is 0.769. The molecule has 0 aliphatic carbocycles. The minimum absolute atomic E-state index is 0.0276. The van der Waals surface area contributed by atoms with Crippen molar-refractivity contribution in [3.05, 3.63) is 12.2 Å². The molecule has 3 amide bonds. The number of nitrogens with one attached hydrogen (secondary N) is 2. The highest BCUT2D eigenvalue weighted by Crippen LogP contribution is 2.26. The molecule has 5 atom stereocenters. The highest BCUT2D eigenvalue weighted by Gasteiger charge is 2.46. The van der Waals surface area contributed by atoms with Gasteiger partial charge in [-0.05, 0) is 53.9 Å². The molecule has 2 aliphatic rings. The van der Waals surface area contributed by atoms with Gasteiger partial charge in [0.2, 0.25) is 11.8 Å². The van der Waals surface area contributed by atoms with Gasteiger partial charge in [-0.1, -0.05) is 31.9 Å². The fourth-order valence-electron chi connectivity index (χ4n) is 4.46. The number of ether oxygens (including phenoxy) is 2. The molecule has 10 heteroatoms. The Morgan fingerprint density at radius 2 is 1.94 bits per heavy atom. The molecule has 10 nitrogen and oxygen atoms in total. The topological polar surface area (TPSA) is 134 Å². The Balaban J connectivity index is 2.37. The monoisotopic (exact) mass is 509 g/mol. The smallest absolute Gasteiger partial charge is 0.408 e. The Labute approximate surface area is 214 Å². The van der Waals surface area contributed by atoms with E-state index in [9.17, 15) is 24.3 Å². The van der Waals surface area contributed by atoms with Crippen molar-refractivity contribution >= 4 is 23.9 Å². The number of fused-ring (bicyclic) bond motifs is 1. The van der Waals surface area contributed by atoms with E-state index >= 15 is 0 Å². The average molecular weight is 510 g/mol. The van der Waals surface area contributed by atoms with Crippen molar-refractivity contribution in [1.29, 1.82) is 0 Å². The zero-order valence-corrected chi connectivity index (χ0v) is 22.5. The SMILES string of the molecule is CCOC(=O)[C@]1(C)NC(=O)[C@@H]2C[C@H](O)CN2C(=O)[C@@H](NC(=O)OC(C)(C)C)CCCCC/C=C\C1C. The van der Waals surface area contributed by atoms with Crippen molar-refractivity contribution in [2.75, 3.05) is 13.2 Å². The van der Waals surface area contributed by atoms with E-state index in [-0.39, 0.29) is 25.5 Å². The van der Waals surface area contributed by atoms with Crippen LogP contribution in [0.3, 0.4) is 0 Å². The summed E-state index contributed by atoms with van der Waals surface area (Å²) in [5.41, 5.74) is -2.10. The lowest BCUT2D eigenvalue weighted by Crippen LogP contribution is -2.61. The number of alkyl carbamates (subject to hydrolysis) is 1. The van der Waals surface area contributed by atoms with Gasteiger partial charge < -0.3 is 30.1 Å². The Hall–Kier alpha value is -2.62. The van der Waals surface area contributed by atoms with Gasteiger partial charge in [0, 0.05) is 18.9 Å². The largest absolute Gasteiger partial charge is 0.464 e. The predicted octanol–water partition coefficient (Wildman–Crippen LogP) is 2.44. The first-order chi connectivity index (χ1) is 16.8. The first-order valence-corrected chi connectivity index (χ1v) is 12.9. The lowest BCUT2D eigenvalue weighted by atomic mass is 9.85. The maximum Gasteiger partial charge on any atom is 0.408 e. The van der Waals surface area contributed by atoms with Crippen molar-refractivity contribution in [2.45, 2.75) is 109 Å². The molecule has 0 saturated carbocycles. The van der Waals surface area contributed by atoms with Gasteiger partial charge in [-0.15, -0.1) is 0 Å². The Morgan fingerprint density at radius 1 is 1.25 bits per heavy atom. The molecular weight excluding hydrogens is 466 g/mol. The zero-order valence-electron chi connectivity index (χ0n) is 22.5. The predicted molar refractivity (Wildman–Crippen MR) is 134 cm³/mol. The number of allylic oxidation sites excluding steroid dienone is 1. The first kappa shape index (κ1) is 29.6. The third-order valence-corrected chi connectivity index (χ3v) is 6.64. The van der Waals surface area contributed by atoms with E-state index in [0.29, 0.717) is 12.8 Å². The maximum absolute atomic E-state index is 13.6. The van der Waals surface area contributed by atoms with Crippen LogP contribution in [0.15, 0.2) is 12.2 Å². The number of rotatable bonds is 3. The summed E-state index contributed by atoms with van der Waals surface area (Å²) in [7, 11) is 0. The summed E-state index contributed by atoms with van der Waals surface area (Å²) in [5.74, 6) is -1.96. The van der Waals surface area contributed by atoms with Gasteiger partial charge >= 0.3 is 12.1 Å². The van der Waals surface area contributed by atoms with Crippen molar-refractivity contribution in [3.8, 4) is 0 Å². The van der Waals surface area contributed by atoms with E-state index in [1.807, 2.05) is 19.1 Å². The molecule has 2 heterocycles. The quantitative estimate of drug-likeness (QED) is 0.393. The molecule has 1 saturated heterocycles. The van der Waals surface area contributed by atoms with Crippen LogP contribution in [-0.2, 0) is 23.9 Å². The Bertz CT molecular complexity index is 838. The molecule has 36 heavy (non-hydrogen) atoms. The molecule has 0 radical (unpaired) electrons. The van der Waals surface area contributed by atoms with Crippen LogP contribution in [0.2, 0.25) is 0 Å². The second kappa shape index (κ2) is 12.6. The summed E-state index contributed by atoms with van der Waals surface area (Å²) in [6.45, 7) is 10.5. The molecule has 2 aliphatic heterocycles. The zero-order chi connectivity index (χ0) is 27.1. The molecule has 0 bridgehead atoms. The van der Waals surface area contributed by atoms with Crippen molar-refractivity contribution in [2.24, 2.45) is 5.92 Å². The second-order valence-corrected chi connectivity index (χ2v) is 10.9. The third kappa shape index (κ3) is 7.94. The molecule has 0 aromatic rings. The minimum atomic E-state index is -1.36. The highest BCUT2D eigenvalue weighted by molar-refractivity contribution is 5.95. The normalized spacial score (nSPS) is 31.4. The summed E-state index contributed by atoms with van der Waals surface area (Å²) < 4.78 is 10.6. The summed E-state index contributed by atoms with van der Waals surface area (Å²) in [4.78, 5) is 53.7. The van der Waals surface area contributed by atoms with E-state index in [0.717, 1.165) is 19.3 Å². The number of carbonyl (C=O) groups excluding carboxylic acids is 4. The second-order valence-electron chi connectivity index (χ2n) is 10.9. The summed E-state index contributed by atoms with van der Waals surface area (Å²) in [6.07, 6.45) is 5.82. The molecule has 1 fully saturated rings. The van der Waals surface area contributed by atoms with E-state index < -0.39 is 53.2 Å². The Morgan fingerprint density at radius 3 is 2.58 bits per heavy atom. The number of aliphatic hydroxyl groups excluding tert-OH is 1. The van der Waals surface area contributed by atoms with Gasteiger partial charge in [0.1, 0.15) is 23.2 Å². The van der Waals surface area contributed by atoms with Gasteiger partial charge in [-0.3, -0.25) is 9.59 Å². The van der Waals surface area contributed by atoms with Crippen LogP contribution < -0.4 is 10.6 Å². The lowest BCUT2D eigenvalue weighted by Gasteiger charge is -2.35. The van der Waals surface area contributed by atoms with E-state index in [1.54, 1.807) is 34.6 Å². The number of amides is 3. The lowest BCUT2D eigenvalue weighted by molar-refractivity contribution is -0.155. The Kier molecular flexibility index (Phi) is 10.3.